The predicted octanol–water partition coefficient (Wildman–Crippen LogP) is 3.66. The van der Waals surface area contributed by atoms with Gasteiger partial charge in [-0.15, -0.1) is 0 Å². The van der Waals surface area contributed by atoms with Gasteiger partial charge in [0.15, 0.2) is 0 Å². The second kappa shape index (κ2) is 7.53. The average Bonchev–Trinajstić information content (AvgIpc) is 3.08. The minimum atomic E-state index is -0.161. The second-order valence-corrected chi connectivity index (χ2v) is 7.57. The Balaban J connectivity index is 1.55. The maximum absolute atomic E-state index is 12.9. The molecule has 0 saturated heterocycles. The van der Waals surface area contributed by atoms with Crippen molar-refractivity contribution in [2.75, 3.05) is 26.0 Å². The topological polar surface area (TPSA) is 50.2 Å². The minimum Gasteiger partial charge on any atom is -0.346 e. The van der Waals surface area contributed by atoms with Crippen LogP contribution in [0.15, 0.2) is 48.8 Å². The zero-order valence-corrected chi connectivity index (χ0v) is 16.0. The maximum atomic E-state index is 12.9. The first-order chi connectivity index (χ1) is 13.1. The van der Waals surface area contributed by atoms with Crippen molar-refractivity contribution in [3.8, 4) is 0 Å². The Morgan fingerprint density at radius 1 is 1.30 bits per heavy atom. The molecule has 1 N–H and O–H groups in total. The summed E-state index contributed by atoms with van der Waals surface area (Å²) in [5, 5.41) is 4.32. The normalized spacial score (nSPS) is 16.5. The fraction of sp³-hybridized carbons (Fsp3) is 0.364. The van der Waals surface area contributed by atoms with Crippen molar-refractivity contribution in [1.82, 2.24) is 14.5 Å². The van der Waals surface area contributed by atoms with Crippen molar-refractivity contribution >= 4 is 22.5 Å². The van der Waals surface area contributed by atoms with Crippen LogP contribution in [0.5, 0.6) is 0 Å². The van der Waals surface area contributed by atoms with Gasteiger partial charge in [0.25, 0.3) is 0 Å². The van der Waals surface area contributed by atoms with E-state index in [-0.39, 0.29) is 11.8 Å². The third kappa shape index (κ3) is 3.74. The van der Waals surface area contributed by atoms with E-state index in [0.29, 0.717) is 0 Å². The lowest BCUT2D eigenvalue weighted by Crippen LogP contribution is -2.25. The van der Waals surface area contributed by atoms with E-state index >= 15 is 0 Å². The van der Waals surface area contributed by atoms with E-state index in [2.05, 4.69) is 64.3 Å². The van der Waals surface area contributed by atoms with Crippen LogP contribution < -0.4 is 5.32 Å². The molecule has 3 aromatic rings. The summed E-state index contributed by atoms with van der Waals surface area (Å²) in [6.45, 7) is 1.90. The van der Waals surface area contributed by atoms with E-state index in [1.54, 1.807) is 6.20 Å². The summed E-state index contributed by atoms with van der Waals surface area (Å²) in [5.41, 5.74) is 4.14. The number of amides is 1. The van der Waals surface area contributed by atoms with Crippen molar-refractivity contribution in [1.29, 1.82) is 0 Å². The first-order valence-electron chi connectivity index (χ1n) is 9.60. The molecule has 5 nitrogen and oxygen atoms in total. The van der Waals surface area contributed by atoms with Crippen LogP contribution in [0, 0.1) is 0 Å². The Labute approximate surface area is 160 Å². The number of fused-ring (bicyclic) bond motifs is 2. The number of nitrogens with zero attached hydrogens (tertiary/aromatic N) is 3. The maximum Gasteiger partial charge on any atom is 0.233 e. The molecular weight excluding hydrogens is 336 g/mol. The number of hydrogen-bond acceptors (Lipinski definition) is 3. The van der Waals surface area contributed by atoms with E-state index < -0.39 is 0 Å². The van der Waals surface area contributed by atoms with Gasteiger partial charge in [0.2, 0.25) is 5.91 Å². The van der Waals surface area contributed by atoms with Crippen LogP contribution in [-0.4, -0.2) is 41.0 Å². The number of carbonyl (C=O) groups excluding carboxylic acids is 1. The van der Waals surface area contributed by atoms with Gasteiger partial charge in [-0.3, -0.25) is 9.78 Å². The molecule has 0 saturated carbocycles. The smallest absolute Gasteiger partial charge is 0.233 e. The molecule has 27 heavy (non-hydrogen) atoms. The molecule has 2 aromatic heterocycles. The number of anilines is 1. The summed E-state index contributed by atoms with van der Waals surface area (Å²) in [4.78, 5) is 19.6. The Morgan fingerprint density at radius 3 is 3.04 bits per heavy atom. The third-order valence-corrected chi connectivity index (χ3v) is 5.34. The number of pyridine rings is 1. The zero-order valence-electron chi connectivity index (χ0n) is 16.0. The third-order valence-electron chi connectivity index (χ3n) is 5.34. The van der Waals surface area contributed by atoms with Gasteiger partial charge < -0.3 is 14.8 Å². The van der Waals surface area contributed by atoms with Crippen molar-refractivity contribution in [2.45, 2.75) is 31.7 Å². The number of aryl methyl sites for hydroxylation is 1. The standard InChI is InChI=1S/C22H26N4O/c1-25(2)13-14-26-12-10-16-8-9-18(15-20(16)26)24-22(27)19-7-3-5-17-6-4-11-23-21(17)19/h4,6,8-12,15,19H,3,5,7,13-14H2,1-2H3,(H,24,27). The molecule has 1 aliphatic rings. The average molecular weight is 362 g/mol. The lowest BCUT2D eigenvalue weighted by atomic mass is 9.86. The quantitative estimate of drug-likeness (QED) is 0.754. The lowest BCUT2D eigenvalue weighted by molar-refractivity contribution is -0.118. The van der Waals surface area contributed by atoms with Crippen LogP contribution in [-0.2, 0) is 17.8 Å². The second-order valence-electron chi connectivity index (χ2n) is 7.57. The summed E-state index contributed by atoms with van der Waals surface area (Å²) in [5.74, 6) is -0.119. The van der Waals surface area contributed by atoms with Gasteiger partial charge in [-0.1, -0.05) is 12.1 Å². The fourth-order valence-corrected chi connectivity index (χ4v) is 3.86. The molecule has 1 atom stereocenters. The molecule has 5 heteroatoms. The van der Waals surface area contributed by atoms with Gasteiger partial charge in [0.1, 0.15) is 0 Å². The summed E-state index contributed by atoms with van der Waals surface area (Å²) in [7, 11) is 4.15. The van der Waals surface area contributed by atoms with Gasteiger partial charge in [0, 0.05) is 31.2 Å². The van der Waals surface area contributed by atoms with Crippen molar-refractivity contribution in [3.63, 3.8) is 0 Å². The molecule has 1 aromatic carbocycles. The van der Waals surface area contributed by atoms with Crippen LogP contribution in [0.3, 0.4) is 0 Å². The molecule has 0 radical (unpaired) electrons. The molecular formula is C22H26N4O. The zero-order chi connectivity index (χ0) is 18.8. The Morgan fingerprint density at radius 2 is 2.19 bits per heavy atom. The van der Waals surface area contributed by atoms with Crippen LogP contribution >= 0.6 is 0 Å². The summed E-state index contributed by atoms with van der Waals surface area (Å²) in [6, 6.07) is 12.3. The van der Waals surface area contributed by atoms with Crippen LogP contribution in [0.1, 0.15) is 30.0 Å². The molecule has 1 unspecified atom stereocenters. The van der Waals surface area contributed by atoms with E-state index in [4.69, 9.17) is 0 Å². The van der Waals surface area contributed by atoms with Crippen LogP contribution in [0.2, 0.25) is 0 Å². The molecule has 2 heterocycles. The Bertz CT molecular complexity index is 960. The number of hydrogen-bond donors (Lipinski definition) is 1. The Kier molecular flexibility index (Phi) is 4.94. The fourth-order valence-electron chi connectivity index (χ4n) is 3.86. The van der Waals surface area contributed by atoms with E-state index in [0.717, 1.165) is 49.2 Å². The van der Waals surface area contributed by atoms with Gasteiger partial charge in [-0.05, 0) is 68.6 Å². The number of benzene rings is 1. The molecule has 4 rings (SSSR count). The predicted molar refractivity (Wildman–Crippen MR) is 109 cm³/mol. The highest BCUT2D eigenvalue weighted by molar-refractivity contribution is 5.97. The largest absolute Gasteiger partial charge is 0.346 e. The molecule has 1 amide bonds. The summed E-state index contributed by atoms with van der Waals surface area (Å²) in [6.07, 6.45) is 6.80. The summed E-state index contributed by atoms with van der Waals surface area (Å²) < 4.78 is 2.24. The van der Waals surface area contributed by atoms with Gasteiger partial charge in [-0.2, -0.15) is 0 Å². The van der Waals surface area contributed by atoms with Crippen molar-refractivity contribution < 1.29 is 4.79 Å². The van der Waals surface area contributed by atoms with E-state index in [1.165, 1.54) is 10.9 Å². The Hall–Kier alpha value is -2.66. The lowest BCUT2D eigenvalue weighted by Gasteiger charge is -2.23. The molecule has 0 aliphatic heterocycles. The highest BCUT2D eigenvalue weighted by atomic mass is 16.1. The number of likely N-dealkylation sites (N-methyl/N-ethyl adjacent to an activating group) is 1. The highest BCUT2D eigenvalue weighted by Crippen LogP contribution is 2.31. The van der Waals surface area contributed by atoms with E-state index in [9.17, 15) is 4.79 Å². The summed E-state index contributed by atoms with van der Waals surface area (Å²) >= 11 is 0. The molecule has 0 spiro atoms. The van der Waals surface area contributed by atoms with Gasteiger partial charge in [0.05, 0.1) is 17.1 Å². The van der Waals surface area contributed by atoms with Crippen LogP contribution in [0.25, 0.3) is 10.9 Å². The van der Waals surface area contributed by atoms with Crippen LogP contribution in [0.4, 0.5) is 5.69 Å². The number of carbonyl (C=O) groups is 1. The monoisotopic (exact) mass is 362 g/mol. The first kappa shape index (κ1) is 17.7. The van der Waals surface area contributed by atoms with Gasteiger partial charge in [-0.25, -0.2) is 0 Å². The van der Waals surface area contributed by atoms with Gasteiger partial charge >= 0.3 is 0 Å². The molecule has 140 valence electrons. The SMILES string of the molecule is CN(C)CCn1ccc2ccc(NC(=O)C3CCCc4cccnc43)cc21. The number of aromatic nitrogens is 2. The highest BCUT2D eigenvalue weighted by Gasteiger charge is 2.27. The number of nitrogens with one attached hydrogen (secondary N) is 1. The molecule has 0 fully saturated rings. The van der Waals surface area contributed by atoms with Crippen molar-refractivity contribution in [2.24, 2.45) is 0 Å². The van der Waals surface area contributed by atoms with Crippen molar-refractivity contribution in [3.05, 3.63) is 60.0 Å². The molecule has 0 bridgehead atoms. The molecule has 1 aliphatic carbocycles. The minimum absolute atomic E-state index is 0.0420. The van der Waals surface area contributed by atoms with E-state index in [1.807, 2.05) is 12.1 Å². The first-order valence-corrected chi connectivity index (χ1v) is 9.60. The number of rotatable bonds is 5.